The van der Waals surface area contributed by atoms with Gasteiger partial charge in [0.15, 0.2) is 0 Å². The third-order valence-corrected chi connectivity index (χ3v) is 1.70. The monoisotopic (exact) mass is 153 g/mol. The third-order valence-electron chi connectivity index (χ3n) is 1.70. The van der Waals surface area contributed by atoms with Crippen molar-refractivity contribution in [3.8, 4) is 0 Å². The molecule has 0 aromatic heterocycles. The number of nitrogens with zero attached hydrogens (tertiary/aromatic N) is 1. The van der Waals surface area contributed by atoms with E-state index in [4.69, 9.17) is 0 Å². The highest BCUT2D eigenvalue weighted by Gasteiger charge is 2.15. The van der Waals surface area contributed by atoms with Crippen LogP contribution in [0.15, 0.2) is 16.1 Å². The number of hydrogen-bond donors (Lipinski definition) is 0. The van der Waals surface area contributed by atoms with E-state index in [1.807, 2.05) is 27.7 Å². The van der Waals surface area contributed by atoms with Gasteiger partial charge >= 0.3 is 0 Å². The van der Waals surface area contributed by atoms with Crippen LogP contribution in [0.3, 0.4) is 0 Å². The lowest BCUT2D eigenvalue weighted by molar-refractivity contribution is -0.114. The number of rotatable bonds is 0. The lowest BCUT2D eigenvalue weighted by Crippen LogP contribution is -1.88. The van der Waals surface area contributed by atoms with Crippen molar-refractivity contribution in [1.29, 1.82) is 0 Å². The van der Waals surface area contributed by atoms with Crippen molar-refractivity contribution in [3.05, 3.63) is 11.1 Å². The van der Waals surface area contributed by atoms with Gasteiger partial charge in [-0.05, 0) is 26.3 Å². The summed E-state index contributed by atoms with van der Waals surface area (Å²) in [6.07, 6.45) is 0. The van der Waals surface area contributed by atoms with Gasteiger partial charge in [0.05, 0.1) is 0 Å². The van der Waals surface area contributed by atoms with Crippen molar-refractivity contribution < 1.29 is 4.79 Å². The zero-order valence-corrected chi connectivity index (χ0v) is 7.86. The van der Waals surface area contributed by atoms with E-state index in [0.29, 0.717) is 0 Å². The van der Waals surface area contributed by atoms with Crippen LogP contribution < -0.4 is 0 Å². The summed E-state index contributed by atoms with van der Waals surface area (Å²) in [5, 5.41) is 0. The lowest BCUT2D eigenvalue weighted by Gasteiger charge is -1.89. The molecule has 2 heteroatoms. The minimum atomic E-state index is -0.0787. The predicted octanol–water partition coefficient (Wildman–Crippen LogP) is 2.35. The summed E-state index contributed by atoms with van der Waals surface area (Å²) >= 11 is 0. The van der Waals surface area contributed by atoms with Crippen LogP contribution in [0.2, 0.25) is 0 Å². The molecule has 0 radical (unpaired) electrons. The van der Waals surface area contributed by atoms with Gasteiger partial charge in [0.2, 0.25) is 0 Å². The molecule has 0 aromatic carbocycles. The fourth-order valence-electron chi connectivity index (χ4n) is 0.752. The van der Waals surface area contributed by atoms with Crippen LogP contribution in [-0.2, 0) is 4.79 Å². The molecule has 0 bridgehead atoms. The van der Waals surface area contributed by atoms with Crippen molar-refractivity contribution in [3.63, 3.8) is 0 Å². The van der Waals surface area contributed by atoms with Crippen LogP contribution >= 0.6 is 0 Å². The largest absolute Gasteiger partial charge is 0.273 e. The van der Waals surface area contributed by atoms with Gasteiger partial charge in [-0.3, -0.25) is 4.79 Å². The molecule has 1 heterocycles. The Morgan fingerprint density at radius 3 is 1.55 bits per heavy atom. The van der Waals surface area contributed by atoms with Gasteiger partial charge in [0.25, 0.3) is 5.91 Å². The molecule has 0 spiro atoms. The fourth-order valence-corrected chi connectivity index (χ4v) is 0.752. The van der Waals surface area contributed by atoms with Crippen molar-refractivity contribution in [2.45, 2.75) is 34.6 Å². The van der Waals surface area contributed by atoms with Crippen LogP contribution in [0, 0.1) is 0 Å². The van der Waals surface area contributed by atoms with Gasteiger partial charge in [-0.2, -0.15) is 0 Å². The smallest absolute Gasteiger partial charge is 0.267 e. The summed E-state index contributed by atoms with van der Waals surface area (Å²) in [7, 11) is 0. The Kier molecular flexibility index (Phi) is 3.72. The highest BCUT2D eigenvalue weighted by Crippen LogP contribution is 2.14. The SMILES string of the molecule is CC.CC1=NC(=O)C(C)=C1C. The summed E-state index contributed by atoms with van der Waals surface area (Å²) in [6, 6.07) is 0. The molecule has 1 rings (SSSR count). The summed E-state index contributed by atoms with van der Waals surface area (Å²) in [5.74, 6) is -0.0787. The quantitative estimate of drug-likeness (QED) is 0.525. The molecule has 11 heavy (non-hydrogen) atoms. The number of aliphatic imine (C=N–C) groups is 1. The molecule has 0 atom stereocenters. The van der Waals surface area contributed by atoms with Crippen LogP contribution in [0.25, 0.3) is 0 Å². The van der Waals surface area contributed by atoms with Gasteiger partial charge < -0.3 is 0 Å². The maximum atomic E-state index is 10.7. The highest BCUT2D eigenvalue weighted by molar-refractivity contribution is 6.17. The molecular weight excluding hydrogens is 138 g/mol. The Labute approximate surface area is 68.0 Å². The van der Waals surface area contributed by atoms with E-state index in [2.05, 4.69) is 4.99 Å². The fraction of sp³-hybridized carbons (Fsp3) is 0.556. The first-order valence-electron chi connectivity index (χ1n) is 3.90. The number of allylic oxidation sites excluding steroid dienone is 1. The minimum Gasteiger partial charge on any atom is -0.267 e. The zero-order chi connectivity index (χ0) is 9.02. The zero-order valence-electron chi connectivity index (χ0n) is 7.86. The van der Waals surface area contributed by atoms with Crippen molar-refractivity contribution >= 4 is 11.6 Å². The standard InChI is InChI=1S/C7H9NO.C2H6/c1-4-5(2)7(9)8-6(4)3;1-2/h1-3H3;1-2H3. The first-order valence-corrected chi connectivity index (χ1v) is 3.90. The molecule has 1 aliphatic rings. The molecule has 2 nitrogen and oxygen atoms in total. The van der Waals surface area contributed by atoms with Gasteiger partial charge in [0.1, 0.15) is 0 Å². The second-order valence-electron chi connectivity index (χ2n) is 2.25. The van der Waals surface area contributed by atoms with Crippen LogP contribution in [0.1, 0.15) is 34.6 Å². The molecular formula is C9H15NO. The van der Waals surface area contributed by atoms with Crippen LogP contribution in [0.5, 0.6) is 0 Å². The first kappa shape index (κ1) is 10.1. The van der Waals surface area contributed by atoms with Crippen molar-refractivity contribution in [2.24, 2.45) is 4.99 Å². The third kappa shape index (κ3) is 2.00. The average Bonchev–Trinajstić information content (AvgIpc) is 2.22. The Morgan fingerprint density at radius 2 is 1.45 bits per heavy atom. The van der Waals surface area contributed by atoms with E-state index in [9.17, 15) is 4.79 Å². The Hall–Kier alpha value is -0.920. The highest BCUT2D eigenvalue weighted by atomic mass is 16.1. The number of carbonyl (C=O) groups excluding carboxylic acids is 1. The van der Waals surface area contributed by atoms with E-state index in [0.717, 1.165) is 16.9 Å². The van der Waals surface area contributed by atoms with E-state index in [1.54, 1.807) is 6.92 Å². The van der Waals surface area contributed by atoms with Gasteiger partial charge in [-0.15, -0.1) is 0 Å². The number of amides is 1. The molecule has 0 aromatic rings. The molecule has 0 saturated carbocycles. The number of carbonyl (C=O) groups is 1. The van der Waals surface area contributed by atoms with E-state index in [1.165, 1.54) is 0 Å². The molecule has 0 aliphatic carbocycles. The molecule has 0 fully saturated rings. The Morgan fingerprint density at radius 1 is 1.00 bits per heavy atom. The normalized spacial score (nSPS) is 16.1. The second kappa shape index (κ2) is 4.06. The molecule has 1 amide bonds. The second-order valence-corrected chi connectivity index (χ2v) is 2.25. The first-order chi connectivity index (χ1) is 5.13. The topological polar surface area (TPSA) is 29.4 Å². The van der Waals surface area contributed by atoms with E-state index < -0.39 is 0 Å². The van der Waals surface area contributed by atoms with Crippen LogP contribution in [0.4, 0.5) is 0 Å². The van der Waals surface area contributed by atoms with Gasteiger partial charge in [-0.25, -0.2) is 4.99 Å². The molecule has 0 unspecified atom stereocenters. The lowest BCUT2D eigenvalue weighted by atomic mass is 10.1. The summed E-state index contributed by atoms with van der Waals surface area (Å²) in [5.41, 5.74) is 2.67. The Balaban J connectivity index is 0.000000461. The summed E-state index contributed by atoms with van der Waals surface area (Å²) < 4.78 is 0. The predicted molar refractivity (Wildman–Crippen MR) is 47.8 cm³/mol. The number of hydrogen-bond acceptors (Lipinski definition) is 1. The average molecular weight is 153 g/mol. The maximum absolute atomic E-state index is 10.7. The molecule has 1 aliphatic heterocycles. The molecule has 0 saturated heterocycles. The minimum absolute atomic E-state index is 0.0787. The van der Waals surface area contributed by atoms with Crippen LogP contribution in [-0.4, -0.2) is 11.6 Å². The van der Waals surface area contributed by atoms with E-state index >= 15 is 0 Å². The van der Waals surface area contributed by atoms with Gasteiger partial charge in [-0.1, -0.05) is 13.8 Å². The van der Waals surface area contributed by atoms with E-state index in [-0.39, 0.29) is 5.91 Å². The maximum Gasteiger partial charge on any atom is 0.273 e. The molecule has 62 valence electrons. The van der Waals surface area contributed by atoms with Crippen molar-refractivity contribution in [1.82, 2.24) is 0 Å². The van der Waals surface area contributed by atoms with Crippen molar-refractivity contribution in [2.75, 3.05) is 0 Å². The summed E-state index contributed by atoms with van der Waals surface area (Å²) in [6.45, 7) is 9.57. The summed E-state index contributed by atoms with van der Waals surface area (Å²) in [4.78, 5) is 14.5. The Bertz CT molecular complexity index is 224. The molecule has 0 N–H and O–H groups in total. The van der Waals surface area contributed by atoms with Gasteiger partial charge in [0, 0.05) is 11.3 Å².